The second-order valence-corrected chi connectivity index (χ2v) is 6.38. The highest BCUT2D eigenvalue weighted by molar-refractivity contribution is 6.31. The van der Waals surface area contributed by atoms with E-state index in [2.05, 4.69) is 24.5 Å². The van der Waals surface area contributed by atoms with E-state index in [0.717, 1.165) is 54.7 Å². The second-order valence-electron chi connectivity index (χ2n) is 5.97. The lowest BCUT2D eigenvalue weighted by molar-refractivity contribution is 0.199. The first-order valence-corrected chi connectivity index (χ1v) is 8.30. The molecule has 4 heterocycles. The SMILES string of the molecule is Clc1cccnc1CN1CCC(c2nnc3ccccn23)CC1. The van der Waals surface area contributed by atoms with Crippen molar-refractivity contribution in [2.45, 2.75) is 25.3 Å². The molecule has 3 aromatic heterocycles. The molecule has 4 rings (SSSR count). The van der Waals surface area contributed by atoms with Gasteiger partial charge in [0.25, 0.3) is 0 Å². The summed E-state index contributed by atoms with van der Waals surface area (Å²) in [6, 6.07) is 9.78. The summed E-state index contributed by atoms with van der Waals surface area (Å²) in [4.78, 5) is 6.79. The topological polar surface area (TPSA) is 46.3 Å². The minimum absolute atomic E-state index is 0.461. The molecule has 0 aliphatic carbocycles. The molecule has 0 atom stereocenters. The van der Waals surface area contributed by atoms with E-state index in [4.69, 9.17) is 11.6 Å². The Morgan fingerprint density at radius 2 is 1.96 bits per heavy atom. The van der Waals surface area contributed by atoms with Crippen molar-refractivity contribution in [3.8, 4) is 0 Å². The van der Waals surface area contributed by atoms with E-state index in [-0.39, 0.29) is 0 Å². The van der Waals surface area contributed by atoms with Crippen LogP contribution in [0.1, 0.15) is 30.3 Å². The fraction of sp³-hybridized carbons (Fsp3) is 0.353. The number of nitrogens with zero attached hydrogens (tertiary/aromatic N) is 5. The van der Waals surface area contributed by atoms with Gasteiger partial charge in [0.15, 0.2) is 5.65 Å². The lowest BCUT2D eigenvalue weighted by Gasteiger charge is -2.31. The molecule has 3 aromatic rings. The van der Waals surface area contributed by atoms with Crippen LogP contribution in [0.2, 0.25) is 5.02 Å². The standard InChI is InChI=1S/C17H18ClN5/c18-14-4-3-8-19-15(14)12-22-10-6-13(7-11-22)17-21-20-16-5-1-2-9-23(16)17/h1-5,8-9,13H,6-7,10-12H2. The molecule has 0 N–H and O–H groups in total. The van der Waals surface area contributed by atoms with Crippen LogP contribution in [0.5, 0.6) is 0 Å². The molecule has 0 saturated carbocycles. The van der Waals surface area contributed by atoms with E-state index in [0.29, 0.717) is 5.92 Å². The molecule has 6 heteroatoms. The van der Waals surface area contributed by atoms with Crippen molar-refractivity contribution in [3.63, 3.8) is 0 Å². The van der Waals surface area contributed by atoms with Gasteiger partial charge in [-0.05, 0) is 50.2 Å². The third-order valence-electron chi connectivity index (χ3n) is 4.50. The molecule has 0 bridgehead atoms. The number of rotatable bonds is 3. The molecule has 0 aromatic carbocycles. The average molecular weight is 328 g/mol. The van der Waals surface area contributed by atoms with Crippen LogP contribution in [0.3, 0.4) is 0 Å². The van der Waals surface area contributed by atoms with Gasteiger partial charge in [0.2, 0.25) is 0 Å². The summed E-state index contributed by atoms with van der Waals surface area (Å²) < 4.78 is 2.11. The Kier molecular flexibility index (Phi) is 3.97. The fourth-order valence-corrected chi connectivity index (χ4v) is 3.42. The average Bonchev–Trinajstić information content (AvgIpc) is 3.02. The van der Waals surface area contributed by atoms with Gasteiger partial charge >= 0.3 is 0 Å². The predicted molar refractivity (Wildman–Crippen MR) is 89.5 cm³/mol. The van der Waals surface area contributed by atoms with E-state index in [1.807, 2.05) is 36.5 Å². The molecule has 23 heavy (non-hydrogen) atoms. The van der Waals surface area contributed by atoms with E-state index >= 15 is 0 Å². The highest BCUT2D eigenvalue weighted by Crippen LogP contribution is 2.28. The van der Waals surface area contributed by atoms with Crippen LogP contribution in [-0.2, 0) is 6.54 Å². The summed E-state index contributed by atoms with van der Waals surface area (Å²) in [7, 11) is 0. The Morgan fingerprint density at radius 1 is 1.09 bits per heavy atom. The van der Waals surface area contributed by atoms with Crippen molar-refractivity contribution in [3.05, 3.63) is 59.3 Å². The zero-order valence-corrected chi connectivity index (χ0v) is 13.5. The van der Waals surface area contributed by atoms with Crippen LogP contribution in [0.4, 0.5) is 0 Å². The summed E-state index contributed by atoms with van der Waals surface area (Å²) in [5.41, 5.74) is 1.88. The molecular formula is C17H18ClN5. The molecule has 5 nitrogen and oxygen atoms in total. The second kappa shape index (κ2) is 6.26. The first-order valence-electron chi connectivity index (χ1n) is 7.92. The molecule has 118 valence electrons. The smallest absolute Gasteiger partial charge is 0.160 e. The predicted octanol–water partition coefficient (Wildman–Crippen LogP) is 3.16. The maximum absolute atomic E-state index is 6.21. The number of halogens is 1. The molecule has 1 fully saturated rings. The van der Waals surface area contributed by atoms with Crippen LogP contribution in [0.15, 0.2) is 42.7 Å². The van der Waals surface area contributed by atoms with Crippen LogP contribution in [-0.4, -0.2) is 37.6 Å². The van der Waals surface area contributed by atoms with Crippen molar-refractivity contribution < 1.29 is 0 Å². The molecule has 0 spiro atoms. The number of likely N-dealkylation sites (tertiary alicyclic amines) is 1. The van der Waals surface area contributed by atoms with Gasteiger partial charge in [-0.15, -0.1) is 10.2 Å². The summed E-state index contributed by atoms with van der Waals surface area (Å²) in [5, 5.41) is 9.42. The van der Waals surface area contributed by atoms with Crippen LogP contribution < -0.4 is 0 Å². The molecular weight excluding hydrogens is 310 g/mol. The fourth-order valence-electron chi connectivity index (χ4n) is 3.23. The molecule has 0 radical (unpaired) electrons. The van der Waals surface area contributed by atoms with Gasteiger partial charge in [-0.2, -0.15) is 0 Å². The van der Waals surface area contributed by atoms with Crippen LogP contribution >= 0.6 is 11.6 Å². The van der Waals surface area contributed by atoms with Gasteiger partial charge in [0, 0.05) is 24.9 Å². The van der Waals surface area contributed by atoms with Gasteiger partial charge < -0.3 is 0 Å². The normalized spacial score (nSPS) is 16.9. The highest BCUT2D eigenvalue weighted by atomic mass is 35.5. The molecule has 1 aliphatic rings. The summed E-state index contributed by atoms with van der Waals surface area (Å²) >= 11 is 6.21. The summed E-state index contributed by atoms with van der Waals surface area (Å²) in [6.07, 6.45) is 6.02. The number of pyridine rings is 2. The van der Waals surface area contributed by atoms with Crippen LogP contribution in [0, 0.1) is 0 Å². The van der Waals surface area contributed by atoms with E-state index in [1.165, 1.54) is 0 Å². The van der Waals surface area contributed by atoms with Gasteiger partial charge in [0.05, 0.1) is 10.7 Å². The van der Waals surface area contributed by atoms with Crippen LogP contribution in [0.25, 0.3) is 5.65 Å². The number of fused-ring (bicyclic) bond motifs is 1. The zero-order valence-electron chi connectivity index (χ0n) is 12.8. The molecule has 0 unspecified atom stereocenters. The number of piperidine rings is 1. The van der Waals surface area contributed by atoms with Gasteiger partial charge in [-0.1, -0.05) is 17.7 Å². The monoisotopic (exact) mass is 327 g/mol. The minimum atomic E-state index is 0.461. The third-order valence-corrected chi connectivity index (χ3v) is 4.85. The first-order chi connectivity index (χ1) is 11.3. The quantitative estimate of drug-likeness (QED) is 0.741. The molecule has 1 aliphatic heterocycles. The van der Waals surface area contributed by atoms with Crippen molar-refractivity contribution in [1.82, 2.24) is 24.5 Å². The Morgan fingerprint density at radius 3 is 2.78 bits per heavy atom. The molecule has 0 amide bonds. The summed E-state index contributed by atoms with van der Waals surface area (Å²) in [6.45, 7) is 2.87. The van der Waals surface area contributed by atoms with Gasteiger partial charge in [-0.3, -0.25) is 14.3 Å². The van der Waals surface area contributed by atoms with E-state index in [9.17, 15) is 0 Å². The number of hydrogen-bond donors (Lipinski definition) is 0. The maximum Gasteiger partial charge on any atom is 0.160 e. The van der Waals surface area contributed by atoms with Crippen molar-refractivity contribution >= 4 is 17.2 Å². The van der Waals surface area contributed by atoms with Crippen molar-refractivity contribution in [2.24, 2.45) is 0 Å². The highest BCUT2D eigenvalue weighted by Gasteiger charge is 2.24. The summed E-state index contributed by atoms with van der Waals surface area (Å²) in [5.74, 6) is 1.54. The third kappa shape index (κ3) is 2.94. The van der Waals surface area contributed by atoms with Gasteiger partial charge in [0.1, 0.15) is 5.82 Å². The Labute approximate surface area is 139 Å². The van der Waals surface area contributed by atoms with E-state index in [1.54, 1.807) is 6.20 Å². The largest absolute Gasteiger partial charge is 0.297 e. The Balaban J connectivity index is 1.44. The first kappa shape index (κ1) is 14.6. The van der Waals surface area contributed by atoms with Crippen molar-refractivity contribution in [1.29, 1.82) is 0 Å². The lowest BCUT2D eigenvalue weighted by Crippen LogP contribution is -2.33. The zero-order chi connectivity index (χ0) is 15.6. The maximum atomic E-state index is 6.21. The Bertz CT molecular complexity index is 807. The lowest BCUT2D eigenvalue weighted by atomic mass is 9.96. The van der Waals surface area contributed by atoms with Gasteiger partial charge in [-0.25, -0.2) is 0 Å². The minimum Gasteiger partial charge on any atom is -0.297 e. The van der Waals surface area contributed by atoms with E-state index < -0.39 is 0 Å². The Hall–Kier alpha value is -1.98. The molecule has 1 saturated heterocycles. The number of aromatic nitrogens is 4. The number of hydrogen-bond acceptors (Lipinski definition) is 4. The van der Waals surface area contributed by atoms with Crippen molar-refractivity contribution in [2.75, 3.05) is 13.1 Å².